The van der Waals surface area contributed by atoms with Crippen molar-refractivity contribution in [3.05, 3.63) is 64.7 Å². The summed E-state index contributed by atoms with van der Waals surface area (Å²) < 4.78 is 27.4. The molecule has 5 nitrogen and oxygen atoms in total. The van der Waals surface area contributed by atoms with Crippen molar-refractivity contribution >= 4 is 27.5 Å². The molecule has 2 aromatic rings. The minimum absolute atomic E-state index is 0.0662. The molecule has 0 fully saturated rings. The van der Waals surface area contributed by atoms with Crippen LogP contribution in [0.4, 0.5) is 0 Å². The third-order valence-corrected chi connectivity index (χ3v) is 5.90. The molecule has 2 rings (SSSR count). The van der Waals surface area contributed by atoms with Gasteiger partial charge < -0.3 is 5.32 Å². The second-order valence-electron chi connectivity index (χ2n) is 7.47. The molecule has 0 aliphatic carbocycles. The number of rotatable bonds is 6. The first-order valence-corrected chi connectivity index (χ1v) is 10.5. The molecular weight excluding hydrogens is 384 g/mol. The number of benzene rings is 2. The summed E-state index contributed by atoms with van der Waals surface area (Å²) in [6.07, 6.45) is 0. The van der Waals surface area contributed by atoms with Crippen molar-refractivity contribution in [2.45, 2.75) is 50.6 Å². The lowest BCUT2D eigenvalue weighted by atomic mass is 9.87. The number of sulfonamides is 1. The average molecular weight is 409 g/mol. The van der Waals surface area contributed by atoms with Gasteiger partial charge in [-0.15, -0.1) is 0 Å². The smallest absolute Gasteiger partial charge is 0.241 e. The highest BCUT2D eigenvalue weighted by Crippen LogP contribution is 2.23. The van der Waals surface area contributed by atoms with Gasteiger partial charge in [0.15, 0.2) is 0 Å². The number of carbonyl (C=O) groups is 1. The Balaban J connectivity index is 2.00. The number of halogens is 1. The van der Waals surface area contributed by atoms with Crippen molar-refractivity contribution < 1.29 is 13.2 Å². The second-order valence-corrected chi connectivity index (χ2v) is 9.62. The molecular formula is C20H25ClN2O3S. The summed E-state index contributed by atoms with van der Waals surface area (Å²) in [5, 5.41) is 3.28. The fraction of sp³-hybridized carbons (Fsp3) is 0.350. The van der Waals surface area contributed by atoms with E-state index in [1.165, 1.54) is 6.92 Å². The normalized spacial score (nSPS) is 13.2. The van der Waals surface area contributed by atoms with E-state index in [1.807, 2.05) is 6.07 Å². The van der Waals surface area contributed by atoms with Gasteiger partial charge in [0.1, 0.15) is 0 Å². The van der Waals surface area contributed by atoms with E-state index >= 15 is 0 Å². The van der Waals surface area contributed by atoms with E-state index in [0.29, 0.717) is 5.02 Å². The Hall–Kier alpha value is -1.89. The van der Waals surface area contributed by atoms with Gasteiger partial charge in [-0.3, -0.25) is 4.79 Å². The molecule has 0 radical (unpaired) electrons. The monoisotopic (exact) mass is 408 g/mol. The van der Waals surface area contributed by atoms with Gasteiger partial charge >= 0.3 is 0 Å². The van der Waals surface area contributed by atoms with Crippen LogP contribution in [0.2, 0.25) is 5.02 Å². The average Bonchev–Trinajstić information content (AvgIpc) is 2.58. The van der Waals surface area contributed by atoms with Crippen LogP contribution in [0.25, 0.3) is 0 Å². The maximum absolute atomic E-state index is 12.5. The number of hydrogen-bond acceptors (Lipinski definition) is 3. The van der Waals surface area contributed by atoms with Crippen LogP contribution >= 0.6 is 11.6 Å². The lowest BCUT2D eigenvalue weighted by Crippen LogP contribution is -2.44. The molecule has 0 heterocycles. The van der Waals surface area contributed by atoms with E-state index in [4.69, 9.17) is 11.6 Å². The third kappa shape index (κ3) is 6.06. The zero-order valence-electron chi connectivity index (χ0n) is 15.9. The number of carbonyl (C=O) groups excluding carboxylic acids is 1. The predicted octanol–water partition coefficient (Wildman–Crippen LogP) is 3.62. The maximum atomic E-state index is 12.5. The molecule has 0 unspecified atom stereocenters. The minimum atomic E-state index is -3.79. The standard InChI is InChI=1S/C20H25ClN2O3S/c1-14(19(24)22-13-15-6-5-7-17(21)12-15)23-27(25,26)18-10-8-16(9-11-18)20(2,3)4/h5-12,14,23H,13H2,1-4H3,(H,22,24)/t14-/m0/s1. The van der Waals surface area contributed by atoms with Crippen LogP contribution < -0.4 is 10.0 Å². The van der Waals surface area contributed by atoms with Gasteiger partial charge in [0.25, 0.3) is 0 Å². The van der Waals surface area contributed by atoms with E-state index in [9.17, 15) is 13.2 Å². The molecule has 0 saturated heterocycles. The highest BCUT2D eigenvalue weighted by Gasteiger charge is 2.22. The molecule has 0 aliphatic rings. The summed E-state index contributed by atoms with van der Waals surface area (Å²) >= 11 is 5.91. The Labute approximate surface area is 166 Å². The summed E-state index contributed by atoms with van der Waals surface area (Å²) in [6, 6.07) is 12.9. The van der Waals surface area contributed by atoms with Gasteiger partial charge in [-0.2, -0.15) is 4.72 Å². The van der Waals surface area contributed by atoms with Gasteiger partial charge in [0, 0.05) is 11.6 Å². The Kier molecular flexibility index (Phi) is 6.68. The number of amides is 1. The summed E-state index contributed by atoms with van der Waals surface area (Å²) in [7, 11) is -3.79. The summed E-state index contributed by atoms with van der Waals surface area (Å²) in [4.78, 5) is 12.4. The largest absolute Gasteiger partial charge is 0.351 e. The zero-order valence-corrected chi connectivity index (χ0v) is 17.5. The SMILES string of the molecule is C[C@H](NS(=O)(=O)c1ccc(C(C)(C)C)cc1)C(=O)NCc1cccc(Cl)c1. The van der Waals surface area contributed by atoms with E-state index < -0.39 is 22.0 Å². The lowest BCUT2D eigenvalue weighted by molar-refractivity contribution is -0.122. The van der Waals surface area contributed by atoms with Gasteiger partial charge in [-0.1, -0.05) is 56.6 Å². The molecule has 1 amide bonds. The summed E-state index contributed by atoms with van der Waals surface area (Å²) in [5.41, 5.74) is 1.81. The van der Waals surface area contributed by atoms with Crippen LogP contribution in [-0.2, 0) is 26.8 Å². The molecule has 2 N–H and O–H groups in total. The van der Waals surface area contributed by atoms with Gasteiger partial charge in [-0.25, -0.2) is 8.42 Å². The summed E-state index contributed by atoms with van der Waals surface area (Å²) in [5.74, 6) is -0.412. The first-order chi connectivity index (χ1) is 12.5. The second kappa shape index (κ2) is 8.42. The third-order valence-electron chi connectivity index (χ3n) is 4.11. The molecule has 0 saturated carbocycles. The molecule has 0 aromatic heterocycles. The quantitative estimate of drug-likeness (QED) is 0.766. The van der Waals surface area contributed by atoms with E-state index in [-0.39, 0.29) is 16.9 Å². The molecule has 0 spiro atoms. The first kappa shape index (κ1) is 21.4. The minimum Gasteiger partial charge on any atom is -0.351 e. The molecule has 7 heteroatoms. The van der Waals surface area contributed by atoms with Crippen LogP contribution in [-0.4, -0.2) is 20.4 Å². The zero-order chi connectivity index (χ0) is 20.2. The summed E-state index contributed by atoms with van der Waals surface area (Å²) in [6.45, 7) is 7.95. The van der Waals surface area contributed by atoms with Gasteiger partial charge in [0.2, 0.25) is 15.9 Å². The van der Waals surface area contributed by atoms with Crippen molar-refractivity contribution in [2.75, 3.05) is 0 Å². The Morgan fingerprint density at radius 1 is 1.11 bits per heavy atom. The number of nitrogens with one attached hydrogen (secondary N) is 2. The van der Waals surface area contributed by atoms with E-state index in [1.54, 1.807) is 42.5 Å². The van der Waals surface area contributed by atoms with Crippen molar-refractivity contribution in [1.82, 2.24) is 10.0 Å². The fourth-order valence-corrected chi connectivity index (χ4v) is 3.89. The van der Waals surface area contributed by atoms with Gasteiger partial charge in [-0.05, 0) is 47.7 Å². The predicted molar refractivity (Wildman–Crippen MR) is 108 cm³/mol. The van der Waals surface area contributed by atoms with Crippen LogP contribution in [0.5, 0.6) is 0 Å². The molecule has 146 valence electrons. The van der Waals surface area contributed by atoms with Gasteiger partial charge in [0.05, 0.1) is 10.9 Å². The Morgan fingerprint density at radius 2 is 1.74 bits per heavy atom. The highest BCUT2D eigenvalue weighted by molar-refractivity contribution is 7.89. The topological polar surface area (TPSA) is 75.3 Å². The van der Waals surface area contributed by atoms with Crippen LogP contribution in [0, 0.1) is 0 Å². The van der Waals surface area contributed by atoms with Crippen LogP contribution in [0.3, 0.4) is 0 Å². The van der Waals surface area contributed by atoms with Crippen molar-refractivity contribution in [3.8, 4) is 0 Å². The Bertz CT molecular complexity index is 904. The van der Waals surface area contributed by atoms with Crippen molar-refractivity contribution in [2.24, 2.45) is 0 Å². The van der Waals surface area contributed by atoms with Crippen LogP contribution in [0.15, 0.2) is 53.4 Å². The Morgan fingerprint density at radius 3 is 2.30 bits per heavy atom. The van der Waals surface area contributed by atoms with Crippen molar-refractivity contribution in [1.29, 1.82) is 0 Å². The molecule has 0 bridgehead atoms. The van der Waals surface area contributed by atoms with Crippen LogP contribution in [0.1, 0.15) is 38.8 Å². The van der Waals surface area contributed by atoms with Crippen molar-refractivity contribution in [3.63, 3.8) is 0 Å². The number of hydrogen-bond donors (Lipinski definition) is 2. The fourth-order valence-electron chi connectivity index (χ4n) is 2.48. The lowest BCUT2D eigenvalue weighted by Gasteiger charge is -2.19. The molecule has 2 aromatic carbocycles. The van der Waals surface area contributed by atoms with E-state index in [0.717, 1.165) is 11.1 Å². The van der Waals surface area contributed by atoms with E-state index in [2.05, 4.69) is 30.8 Å². The molecule has 27 heavy (non-hydrogen) atoms. The maximum Gasteiger partial charge on any atom is 0.241 e. The molecule has 0 aliphatic heterocycles. The molecule has 1 atom stereocenters. The highest BCUT2D eigenvalue weighted by atomic mass is 35.5. The first-order valence-electron chi connectivity index (χ1n) is 8.64.